The largest absolute Gasteiger partial charge is 0.369 e. The second kappa shape index (κ2) is 9.65. The molecule has 6 heteroatoms. The third-order valence-electron chi connectivity index (χ3n) is 5.58. The van der Waals surface area contributed by atoms with Gasteiger partial charge in [0.25, 0.3) is 5.91 Å². The minimum atomic E-state index is -0.0884. The summed E-state index contributed by atoms with van der Waals surface area (Å²) in [5.41, 5.74) is 1.86. The Morgan fingerprint density at radius 1 is 1.00 bits per heavy atom. The lowest BCUT2D eigenvalue weighted by Crippen LogP contribution is -2.52. The molecule has 1 amide bonds. The predicted molar refractivity (Wildman–Crippen MR) is 126 cm³/mol. The molecule has 0 bridgehead atoms. The van der Waals surface area contributed by atoms with E-state index in [0.29, 0.717) is 10.6 Å². The number of nitrogens with one attached hydrogen (secondary N) is 1. The Balaban J connectivity index is 1.46. The monoisotopic (exact) mass is 439 g/mol. The number of amides is 1. The molecule has 2 aromatic carbocycles. The molecule has 4 rings (SSSR count). The number of benzene rings is 2. The van der Waals surface area contributed by atoms with Gasteiger partial charge in [-0.15, -0.1) is 11.3 Å². The van der Waals surface area contributed by atoms with E-state index in [1.54, 1.807) is 29.5 Å². The average molecular weight is 440 g/mol. The fourth-order valence-corrected chi connectivity index (χ4v) is 5.25. The molecular weight excluding hydrogens is 414 g/mol. The summed E-state index contributed by atoms with van der Waals surface area (Å²) in [6.07, 6.45) is 0. The van der Waals surface area contributed by atoms with E-state index in [1.807, 2.05) is 6.07 Å². The Hall–Kier alpha value is -2.34. The molecule has 0 radical (unpaired) electrons. The first-order valence-electron chi connectivity index (χ1n) is 10.3. The molecule has 3 aromatic rings. The van der Waals surface area contributed by atoms with Crippen LogP contribution in [0.1, 0.15) is 28.2 Å². The van der Waals surface area contributed by atoms with Gasteiger partial charge in [0.1, 0.15) is 0 Å². The van der Waals surface area contributed by atoms with Crippen LogP contribution in [0.3, 0.4) is 0 Å². The van der Waals surface area contributed by atoms with Crippen molar-refractivity contribution in [2.24, 2.45) is 0 Å². The van der Waals surface area contributed by atoms with Gasteiger partial charge in [-0.3, -0.25) is 9.69 Å². The smallest absolute Gasteiger partial charge is 0.251 e. The van der Waals surface area contributed by atoms with Crippen LogP contribution in [0.25, 0.3) is 0 Å². The van der Waals surface area contributed by atoms with E-state index in [2.05, 4.69) is 69.9 Å². The van der Waals surface area contributed by atoms with E-state index in [-0.39, 0.29) is 18.0 Å². The molecule has 1 aromatic heterocycles. The number of para-hydroxylation sites is 1. The Kier molecular flexibility index (Phi) is 6.72. The van der Waals surface area contributed by atoms with E-state index >= 15 is 0 Å². The molecule has 2 atom stereocenters. The lowest BCUT2D eigenvalue weighted by molar-refractivity contribution is 0.0890. The fourth-order valence-electron chi connectivity index (χ4n) is 4.10. The lowest BCUT2D eigenvalue weighted by Gasteiger charge is -2.42. The Morgan fingerprint density at radius 2 is 1.77 bits per heavy atom. The summed E-state index contributed by atoms with van der Waals surface area (Å²) >= 11 is 7.81. The molecular formula is C24H26ClN3OS. The van der Waals surface area contributed by atoms with Gasteiger partial charge in [-0.2, -0.15) is 0 Å². The SMILES string of the molecule is CC(NC(=O)c1cccc(Cl)c1)C(c1cccs1)N1CCN(c2ccccc2)CC1. The molecule has 0 aliphatic carbocycles. The van der Waals surface area contributed by atoms with Crippen molar-refractivity contribution in [1.29, 1.82) is 0 Å². The van der Waals surface area contributed by atoms with Gasteiger partial charge in [0.15, 0.2) is 0 Å². The van der Waals surface area contributed by atoms with E-state index < -0.39 is 0 Å². The molecule has 1 N–H and O–H groups in total. The molecule has 0 spiro atoms. The Morgan fingerprint density at radius 3 is 2.43 bits per heavy atom. The van der Waals surface area contributed by atoms with Crippen LogP contribution in [0.2, 0.25) is 5.02 Å². The highest BCUT2D eigenvalue weighted by atomic mass is 35.5. The maximum atomic E-state index is 12.8. The molecule has 4 nitrogen and oxygen atoms in total. The predicted octanol–water partition coefficient (Wildman–Crippen LogP) is 5.08. The van der Waals surface area contributed by atoms with Crippen LogP contribution < -0.4 is 10.2 Å². The number of nitrogens with zero attached hydrogens (tertiary/aromatic N) is 2. The van der Waals surface area contributed by atoms with Crippen molar-refractivity contribution in [1.82, 2.24) is 10.2 Å². The van der Waals surface area contributed by atoms with Crippen molar-refractivity contribution in [2.45, 2.75) is 19.0 Å². The van der Waals surface area contributed by atoms with Crippen LogP contribution in [0.4, 0.5) is 5.69 Å². The van der Waals surface area contributed by atoms with Gasteiger partial charge in [-0.25, -0.2) is 0 Å². The van der Waals surface area contributed by atoms with Crippen molar-refractivity contribution < 1.29 is 4.79 Å². The van der Waals surface area contributed by atoms with Gasteiger partial charge in [-0.1, -0.05) is 41.9 Å². The molecule has 2 heterocycles. The van der Waals surface area contributed by atoms with Crippen LogP contribution in [-0.4, -0.2) is 43.0 Å². The number of hydrogen-bond acceptors (Lipinski definition) is 4. The van der Waals surface area contributed by atoms with Crippen molar-refractivity contribution in [3.63, 3.8) is 0 Å². The van der Waals surface area contributed by atoms with Crippen LogP contribution >= 0.6 is 22.9 Å². The molecule has 0 saturated carbocycles. The van der Waals surface area contributed by atoms with E-state index in [1.165, 1.54) is 10.6 Å². The normalized spacial score (nSPS) is 16.8. The van der Waals surface area contributed by atoms with Crippen LogP contribution in [0, 0.1) is 0 Å². The third-order valence-corrected chi connectivity index (χ3v) is 6.76. The van der Waals surface area contributed by atoms with Crippen molar-refractivity contribution in [2.75, 3.05) is 31.1 Å². The number of rotatable bonds is 6. The van der Waals surface area contributed by atoms with E-state index in [4.69, 9.17) is 11.6 Å². The van der Waals surface area contributed by atoms with E-state index in [9.17, 15) is 4.79 Å². The first-order chi connectivity index (χ1) is 14.6. The van der Waals surface area contributed by atoms with Crippen LogP contribution in [0.15, 0.2) is 72.1 Å². The third kappa shape index (κ3) is 4.86. The second-order valence-corrected chi connectivity index (χ2v) is 9.01. The molecule has 1 fully saturated rings. The van der Waals surface area contributed by atoms with Gasteiger partial charge < -0.3 is 10.2 Å². The summed E-state index contributed by atoms with van der Waals surface area (Å²) in [5, 5.41) is 5.88. The Labute approximate surface area is 187 Å². The zero-order valence-corrected chi connectivity index (χ0v) is 18.6. The summed E-state index contributed by atoms with van der Waals surface area (Å²) in [7, 11) is 0. The molecule has 1 aliphatic heterocycles. The number of anilines is 1. The molecule has 156 valence electrons. The second-order valence-electron chi connectivity index (χ2n) is 7.59. The number of piperazine rings is 1. The van der Waals surface area contributed by atoms with Crippen molar-refractivity contribution in [3.05, 3.63) is 87.6 Å². The number of hydrogen-bond donors (Lipinski definition) is 1. The summed E-state index contributed by atoms with van der Waals surface area (Å²) in [6.45, 7) is 5.95. The number of carbonyl (C=O) groups is 1. The summed E-state index contributed by atoms with van der Waals surface area (Å²) in [4.78, 5) is 19.0. The first kappa shape index (κ1) is 20.9. The van der Waals surface area contributed by atoms with Gasteiger partial charge in [0, 0.05) is 53.4 Å². The zero-order valence-electron chi connectivity index (χ0n) is 17.0. The van der Waals surface area contributed by atoms with Gasteiger partial charge >= 0.3 is 0 Å². The van der Waals surface area contributed by atoms with Crippen molar-refractivity contribution in [3.8, 4) is 0 Å². The minimum Gasteiger partial charge on any atom is -0.369 e. The lowest BCUT2D eigenvalue weighted by atomic mass is 10.0. The fraction of sp³-hybridized carbons (Fsp3) is 0.292. The topological polar surface area (TPSA) is 35.6 Å². The molecule has 2 unspecified atom stereocenters. The van der Waals surface area contributed by atoms with Crippen LogP contribution in [0.5, 0.6) is 0 Å². The van der Waals surface area contributed by atoms with Crippen LogP contribution in [-0.2, 0) is 0 Å². The van der Waals surface area contributed by atoms with Gasteiger partial charge in [0.2, 0.25) is 0 Å². The highest BCUT2D eigenvalue weighted by molar-refractivity contribution is 7.10. The molecule has 1 saturated heterocycles. The molecule has 30 heavy (non-hydrogen) atoms. The quantitative estimate of drug-likeness (QED) is 0.581. The minimum absolute atomic E-state index is 0.0293. The number of halogens is 1. The summed E-state index contributed by atoms with van der Waals surface area (Å²) < 4.78 is 0. The van der Waals surface area contributed by atoms with Crippen molar-refractivity contribution >= 4 is 34.5 Å². The highest BCUT2D eigenvalue weighted by Gasteiger charge is 2.31. The number of thiophene rings is 1. The molecule has 1 aliphatic rings. The van der Waals surface area contributed by atoms with Gasteiger partial charge in [0.05, 0.1) is 6.04 Å². The Bertz CT molecular complexity index is 956. The summed E-state index contributed by atoms with van der Waals surface area (Å²) in [6, 6.07) is 22.0. The highest BCUT2D eigenvalue weighted by Crippen LogP contribution is 2.30. The zero-order chi connectivity index (χ0) is 20.9. The standard InChI is InChI=1S/C24H26ClN3OS/c1-18(26-24(29)19-7-5-8-20(25)17-19)23(22-11-6-16-30-22)28-14-12-27(13-15-28)21-9-3-2-4-10-21/h2-11,16-18,23H,12-15H2,1H3,(H,26,29). The van der Waals surface area contributed by atoms with Gasteiger partial charge in [-0.05, 0) is 48.7 Å². The van der Waals surface area contributed by atoms with E-state index in [0.717, 1.165) is 26.2 Å². The average Bonchev–Trinajstić information content (AvgIpc) is 3.29. The summed E-state index contributed by atoms with van der Waals surface area (Å²) in [5.74, 6) is -0.0884. The first-order valence-corrected chi connectivity index (χ1v) is 11.5. The number of carbonyl (C=O) groups excluding carboxylic acids is 1. The maximum Gasteiger partial charge on any atom is 0.251 e. The maximum absolute atomic E-state index is 12.8.